The van der Waals surface area contributed by atoms with Gasteiger partial charge in [-0.3, -0.25) is 4.79 Å². The summed E-state index contributed by atoms with van der Waals surface area (Å²) in [5.74, 6) is 0.785. The topological polar surface area (TPSA) is 67.5 Å². The highest BCUT2D eigenvalue weighted by molar-refractivity contribution is 7.18. The Morgan fingerprint density at radius 1 is 0.857 bits per heavy atom. The van der Waals surface area contributed by atoms with Crippen molar-refractivity contribution in [1.82, 2.24) is 15.0 Å². The highest BCUT2D eigenvalue weighted by atomic mass is 32.1. The molecule has 1 fully saturated rings. The van der Waals surface area contributed by atoms with Crippen molar-refractivity contribution in [1.29, 1.82) is 0 Å². The Labute approximate surface area is 166 Å². The second-order valence-corrected chi connectivity index (χ2v) is 8.57. The monoisotopic (exact) mass is 393 g/mol. The highest BCUT2D eigenvalue weighted by Gasteiger charge is 2.25. The number of nitrogens with one attached hydrogen (secondary N) is 3. The van der Waals surface area contributed by atoms with Crippen LogP contribution in [-0.4, -0.2) is 41.1 Å². The van der Waals surface area contributed by atoms with Crippen molar-refractivity contribution in [2.45, 2.75) is 13.1 Å². The minimum absolute atomic E-state index is 0.0416. The van der Waals surface area contributed by atoms with Gasteiger partial charge in [0.25, 0.3) is 5.56 Å². The summed E-state index contributed by atoms with van der Waals surface area (Å²) in [6.07, 6.45) is 0. The Kier molecular flexibility index (Phi) is 4.64. The van der Waals surface area contributed by atoms with Crippen LogP contribution in [0.25, 0.3) is 21.1 Å². The van der Waals surface area contributed by atoms with Crippen LogP contribution in [0, 0.1) is 0 Å². The fraction of sp³-hybridized carbons (Fsp3) is 0.286. The molecule has 0 radical (unpaired) electrons. The van der Waals surface area contributed by atoms with E-state index in [1.54, 1.807) is 4.90 Å². The number of nitrogens with zero attached hydrogens (tertiary/aromatic N) is 2. The first kappa shape index (κ1) is 17.5. The van der Waals surface area contributed by atoms with E-state index in [1.807, 2.05) is 41.7 Å². The van der Waals surface area contributed by atoms with Gasteiger partial charge < -0.3 is 14.8 Å². The predicted molar refractivity (Wildman–Crippen MR) is 111 cm³/mol. The first-order chi connectivity index (χ1) is 13.7. The Hall–Kier alpha value is -2.61. The third-order valence-electron chi connectivity index (χ3n) is 5.48. The maximum atomic E-state index is 12.3. The third-order valence-corrected chi connectivity index (χ3v) is 6.52. The van der Waals surface area contributed by atoms with Gasteiger partial charge in [-0.25, -0.2) is 9.97 Å². The van der Waals surface area contributed by atoms with Gasteiger partial charge in [-0.1, -0.05) is 24.3 Å². The van der Waals surface area contributed by atoms with Crippen molar-refractivity contribution in [3.05, 3.63) is 69.7 Å². The molecule has 5 rings (SSSR count). The minimum atomic E-state index is -0.0416. The van der Waals surface area contributed by atoms with Gasteiger partial charge >= 0.3 is 0 Å². The minimum Gasteiger partial charge on any atom is -0.320 e. The molecule has 0 atom stereocenters. The predicted octanol–water partition coefficient (Wildman–Crippen LogP) is 0.0164. The van der Waals surface area contributed by atoms with Gasteiger partial charge in [0, 0.05) is 0 Å². The lowest BCUT2D eigenvalue weighted by Crippen LogP contribution is -3.27. The van der Waals surface area contributed by atoms with Crippen molar-refractivity contribution in [2.24, 2.45) is 0 Å². The quantitative estimate of drug-likeness (QED) is 0.458. The number of thiazole rings is 1. The Bertz CT molecular complexity index is 1140. The number of para-hydroxylation sites is 2. The number of benzene rings is 2. The van der Waals surface area contributed by atoms with E-state index < -0.39 is 0 Å². The van der Waals surface area contributed by atoms with Crippen molar-refractivity contribution in [3.63, 3.8) is 0 Å². The fourth-order valence-corrected chi connectivity index (χ4v) is 5.01. The number of hydrogen-bond donors (Lipinski definition) is 3. The van der Waals surface area contributed by atoms with E-state index in [0.29, 0.717) is 5.39 Å². The van der Waals surface area contributed by atoms with Gasteiger partial charge in [0.2, 0.25) is 0 Å². The van der Waals surface area contributed by atoms with Crippen LogP contribution in [-0.2, 0) is 13.1 Å². The largest absolute Gasteiger partial charge is 0.320 e. The molecule has 2 aromatic carbocycles. The third kappa shape index (κ3) is 3.56. The molecule has 28 heavy (non-hydrogen) atoms. The Balaban J connectivity index is 1.22. The SMILES string of the molecule is O=c1[nH]c(C[NH+]2CC[NH+](Cc3nc4ccccc4s3)CC2)nc2ccccc12. The van der Waals surface area contributed by atoms with Crippen LogP contribution < -0.4 is 15.4 Å². The summed E-state index contributed by atoms with van der Waals surface area (Å²) >= 11 is 1.81. The molecule has 142 valence electrons. The molecular formula is C21H23N5OS+2. The number of rotatable bonds is 4. The van der Waals surface area contributed by atoms with Crippen LogP contribution in [0.15, 0.2) is 53.3 Å². The zero-order valence-electron chi connectivity index (χ0n) is 15.6. The van der Waals surface area contributed by atoms with E-state index in [4.69, 9.17) is 4.98 Å². The molecule has 1 aliphatic rings. The number of aromatic amines is 1. The van der Waals surface area contributed by atoms with Crippen LogP contribution in [0.2, 0.25) is 0 Å². The molecule has 0 spiro atoms. The summed E-state index contributed by atoms with van der Waals surface area (Å²) < 4.78 is 1.27. The van der Waals surface area contributed by atoms with Gasteiger partial charge in [-0.15, -0.1) is 11.3 Å². The van der Waals surface area contributed by atoms with Gasteiger partial charge in [0.15, 0.2) is 5.82 Å². The van der Waals surface area contributed by atoms with Crippen LogP contribution in [0.1, 0.15) is 10.8 Å². The second kappa shape index (κ2) is 7.43. The summed E-state index contributed by atoms with van der Waals surface area (Å²) in [6.45, 7) is 6.16. The summed E-state index contributed by atoms with van der Waals surface area (Å²) in [5, 5.41) is 1.88. The molecule has 0 amide bonds. The maximum Gasteiger partial charge on any atom is 0.258 e. The van der Waals surface area contributed by atoms with Crippen molar-refractivity contribution in [2.75, 3.05) is 26.2 Å². The van der Waals surface area contributed by atoms with E-state index in [1.165, 1.54) is 14.6 Å². The number of hydrogen-bond acceptors (Lipinski definition) is 4. The van der Waals surface area contributed by atoms with Crippen molar-refractivity contribution >= 4 is 32.5 Å². The summed E-state index contributed by atoms with van der Waals surface area (Å²) in [7, 11) is 0. The number of H-pyrrole nitrogens is 1. The molecule has 1 aliphatic heterocycles. The highest BCUT2D eigenvalue weighted by Crippen LogP contribution is 2.20. The molecule has 3 N–H and O–H groups in total. The van der Waals surface area contributed by atoms with Crippen LogP contribution >= 0.6 is 11.3 Å². The van der Waals surface area contributed by atoms with Crippen LogP contribution in [0.3, 0.4) is 0 Å². The van der Waals surface area contributed by atoms with E-state index in [9.17, 15) is 4.79 Å². The molecule has 6 nitrogen and oxygen atoms in total. The lowest BCUT2D eigenvalue weighted by atomic mass is 10.2. The lowest BCUT2D eigenvalue weighted by molar-refractivity contribution is -1.02. The van der Waals surface area contributed by atoms with E-state index in [0.717, 1.165) is 56.1 Å². The molecular weight excluding hydrogens is 370 g/mol. The molecule has 0 unspecified atom stereocenters. The van der Waals surface area contributed by atoms with Gasteiger partial charge in [0.05, 0.1) is 21.1 Å². The van der Waals surface area contributed by atoms with E-state index in [-0.39, 0.29) is 5.56 Å². The second-order valence-electron chi connectivity index (χ2n) is 7.46. The molecule has 0 bridgehead atoms. The average molecular weight is 394 g/mol. The normalized spacial score (nSPS) is 20.0. The fourth-order valence-electron chi connectivity index (χ4n) is 3.98. The molecule has 0 aliphatic carbocycles. The number of quaternary nitrogens is 2. The molecule has 3 heterocycles. The lowest BCUT2D eigenvalue weighted by Gasteiger charge is -2.28. The standard InChI is InChI=1S/C21H21N5OS/c27-21-15-5-1-2-6-16(15)22-19(24-21)13-25-9-11-26(12-10-25)14-20-23-17-7-3-4-8-18(17)28-20/h1-8H,9-14H2,(H,22,24,27)/p+2. The van der Waals surface area contributed by atoms with Crippen LogP contribution in [0.4, 0.5) is 0 Å². The zero-order chi connectivity index (χ0) is 18.9. The first-order valence-corrected chi connectivity index (χ1v) is 10.6. The van der Waals surface area contributed by atoms with Gasteiger partial charge in [-0.05, 0) is 24.3 Å². The van der Waals surface area contributed by atoms with E-state index in [2.05, 4.69) is 28.2 Å². The molecule has 0 saturated carbocycles. The molecule has 4 aromatic rings. The van der Waals surface area contributed by atoms with E-state index >= 15 is 0 Å². The summed E-state index contributed by atoms with van der Waals surface area (Å²) in [5.41, 5.74) is 1.85. The van der Waals surface area contributed by atoms with Crippen molar-refractivity contribution in [3.8, 4) is 0 Å². The Morgan fingerprint density at radius 2 is 1.54 bits per heavy atom. The van der Waals surface area contributed by atoms with Crippen molar-refractivity contribution < 1.29 is 9.80 Å². The average Bonchev–Trinajstić information content (AvgIpc) is 3.12. The molecule has 7 heteroatoms. The zero-order valence-corrected chi connectivity index (χ0v) is 16.4. The number of fused-ring (bicyclic) bond motifs is 2. The number of piperazine rings is 1. The Morgan fingerprint density at radius 3 is 2.32 bits per heavy atom. The summed E-state index contributed by atoms with van der Waals surface area (Å²) in [4.78, 5) is 27.7. The summed E-state index contributed by atoms with van der Waals surface area (Å²) in [6, 6.07) is 15.9. The van der Waals surface area contributed by atoms with Gasteiger partial charge in [0.1, 0.15) is 44.3 Å². The smallest absolute Gasteiger partial charge is 0.258 e. The molecule has 2 aromatic heterocycles. The van der Waals surface area contributed by atoms with Gasteiger partial charge in [-0.2, -0.15) is 0 Å². The maximum absolute atomic E-state index is 12.3. The first-order valence-electron chi connectivity index (χ1n) is 9.74. The molecule has 1 saturated heterocycles. The number of aromatic nitrogens is 3. The van der Waals surface area contributed by atoms with Crippen LogP contribution in [0.5, 0.6) is 0 Å².